The molecular weight excluding hydrogens is 765 g/mol. The van der Waals surface area contributed by atoms with Crippen LogP contribution in [0.3, 0.4) is 0 Å². The van der Waals surface area contributed by atoms with Crippen molar-refractivity contribution in [3.8, 4) is 33.5 Å². The SMILES string of the molecule is CC(C)(C)OC(=O)N1CCN(Cc2c(F)cc(-c3cccc4ncc(-c5cnn(C6CCN(C(=O)OCC7c8ccccc8-c8ccccc87)CC6)c5)nc34)cc2F)CC1. The number of likely N-dealkylation sites (tertiary alicyclic amines) is 1. The van der Waals surface area contributed by atoms with Crippen molar-refractivity contribution in [3.63, 3.8) is 0 Å². The number of piperazine rings is 1. The van der Waals surface area contributed by atoms with Crippen LogP contribution in [-0.4, -0.2) is 98.1 Å². The minimum absolute atomic E-state index is 0.0104. The molecule has 2 saturated heterocycles. The van der Waals surface area contributed by atoms with E-state index in [1.54, 1.807) is 34.3 Å². The van der Waals surface area contributed by atoms with E-state index in [4.69, 9.17) is 14.5 Å². The number of carbonyl (C=O) groups excluding carboxylic acids is 2. The summed E-state index contributed by atoms with van der Waals surface area (Å²) in [7, 11) is 0. The molecule has 2 fully saturated rings. The van der Waals surface area contributed by atoms with Crippen molar-refractivity contribution in [2.75, 3.05) is 45.9 Å². The van der Waals surface area contributed by atoms with E-state index in [1.807, 2.05) is 66.9 Å². The maximum absolute atomic E-state index is 15.7. The zero-order valence-corrected chi connectivity index (χ0v) is 34.0. The highest BCUT2D eigenvalue weighted by molar-refractivity contribution is 5.92. The number of nitrogens with zero attached hydrogens (tertiary/aromatic N) is 7. The van der Waals surface area contributed by atoms with Crippen LogP contribution in [0.5, 0.6) is 0 Å². The van der Waals surface area contributed by atoms with E-state index < -0.39 is 17.2 Å². The summed E-state index contributed by atoms with van der Waals surface area (Å²) in [4.78, 5) is 40.7. The average Bonchev–Trinajstić information content (AvgIpc) is 3.87. The van der Waals surface area contributed by atoms with E-state index in [1.165, 1.54) is 34.4 Å². The summed E-state index contributed by atoms with van der Waals surface area (Å²) < 4.78 is 44.7. The summed E-state index contributed by atoms with van der Waals surface area (Å²) in [6.45, 7) is 8.69. The first-order valence-electron chi connectivity index (χ1n) is 20.6. The van der Waals surface area contributed by atoms with Gasteiger partial charge in [0.2, 0.25) is 0 Å². The van der Waals surface area contributed by atoms with Crippen molar-refractivity contribution in [1.82, 2.24) is 34.4 Å². The zero-order chi connectivity index (χ0) is 41.5. The number of fused-ring (bicyclic) bond motifs is 4. The largest absolute Gasteiger partial charge is 0.448 e. The Morgan fingerprint density at radius 1 is 0.750 bits per heavy atom. The Morgan fingerprint density at radius 3 is 2.05 bits per heavy atom. The van der Waals surface area contributed by atoms with Crippen LogP contribution in [0.25, 0.3) is 44.5 Å². The van der Waals surface area contributed by atoms with Gasteiger partial charge >= 0.3 is 12.2 Å². The number of para-hydroxylation sites is 1. The second-order valence-electron chi connectivity index (χ2n) is 16.8. The molecule has 4 aromatic carbocycles. The summed E-state index contributed by atoms with van der Waals surface area (Å²) in [6.07, 6.45) is 6.11. The second-order valence-corrected chi connectivity index (χ2v) is 16.8. The summed E-state index contributed by atoms with van der Waals surface area (Å²) in [5.41, 5.74) is 7.52. The van der Waals surface area contributed by atoms with Gasteiger partial charge in [-0.25, -0.2) is 23.4 Å². The van der Waals surface area contributed by atoms with Crippen LogP contribution in [0, 0.1) is 11.6 Å². The molecule has 0 spiro atoms. The lowest BCUT2D eigenvalue weighted by atomic mass is 9.98. The Kier molecular flexibility index (Phi) is 10.5. The second kappa shape index (κ2) is 16.1. The third kappa shape index (κ3) is 7.93. The van der Waals surface area contributed by atoms with Crippen molar-refractivity contribution < 1.29 is 27.8 Å². The molecule has 0 N–H and O–H groups in total. The minimum atomic E-state index is -0.647. The van der Waals surface area contributed by atoms with Crippen molar-refractivity contribution in [1.29, 1.82) is 0 Å². The molecule has 4 heterocycles. The number of hydrogen-bond acceptors (Lipinski definition) is 8. The molecule has 13 heteroatoms. The lowest BCUT2D eigenvalue weighted by Gasteiger charge is -2.35. The topological polar surface area (TPSA) is 106 Å². The molecule has 60 heavy (non-hydrogen) atoms. The molecule has 308 valence electrons. The lowest BCUT2D eigenvalue weighted by molar-refractivity contribution is 0.0137. The fraction of sp³-hybridized carbons (Fsp3) is 0.340. The van der Waals surface area contributed by atoms with Gasteiger partial charge in [0.15, 0.2) is 0 Å². The highest BCUT2D eigenvalue weighted by atomic mass is 19.1. The van der Waals surface area contributed by atoms with Gasteiger partial charge in [0.1, 0.15) is 23.8 Å². The zero-order valence-electron chi connectivity index (χ0n) is 34.0. The van der Waals surface area contributed by atoms with Gasteiger partial charge in [-0.2, -0.15) is 5.10 Å². The van der Waals surface area contributed by atoms with Crippen molar-refractivity contribution in [2.24, 2.45) is 0 Å². The van der Waals surface area contributed by atoms with Gasteiger partial charge in [-0.1, -0.05) is 60.7 Å². The standard InChI is InChI=1S/C47H47F2N7O4/c1-47(2,3)60-46(58)55-21-19-53(20-22-55)28-38-40(48)23-30(24-41(38)49)33-13-8-14-42-44(33)52-43(26-50-42)31-25-51-56(27-31)32-15-17-54(18-16-32)45(57)59-29-39-36-11-6-4-9-34(36)35-10-5-7-12-37(35)39/h4-14,23-27,32,39H,15-22,28-29H2,1-3H3. The Bertz CT molecular complexity index is 2500. The first kappa shape index (κ1) is 39.3. The maximum Gasteiger partial charge on any atom is 0.410 e. The molecule has 1 aliphatic carbocycles. The van der Waals surface area contributed by atoms with Gasteiger partial charge in [-0.3, -0.25) is 14.6 Å². The number of hydrogen-bond donors (Lipinski definition) is 0. The molecule has 0 bridgehead atoms. The highest BCUT2D eigenvalue weighted by Gasteiger charge is 2.32. The monoisotopic (exact) mass is 811 g/mol. The quantitative estimate of drug-likeness (QED) is 0.157. The molecule has 0 saturated carbocycles. The van der Waals surface area contributed by atoms with E-state index in [2.05, 4.69) is 34.3 Å². The van der Waals surface area contributed by atoms with Crippen LogP contribution < -0.4 is 0 Å². The van der Waals surface area contributed by atoms with E-state index in [-0.39, 0.29) is 42.9 Å². The van der Waals surface area contributed by atoms with Gasteiger partial charge < -0.3 is 19.3 Å². The van der Waals surface area contributed by atoms with Gasteiger partial charge in [-0.05, 0) is 79.6 Å². The van der Waals surface area contributed by atoms with Crippen LogP contribution in [0.1, 0.15) is 62.3 Å². The van der Waals surface area contributed by atoms with Crippen molar-refractivity contribution in [3.05, 3.63) is 126 Å². The summed E-state index contributed by atoms with van der Waals surface area (Å²) >= 11 is 0. The predicted molar refractivity (Wildman–Crippen MR) is 224 cm³/mol. The molecule has 11 nitrogen and oxygen atoms in total. The van der Waals surface area contributed by atoms with Crippen LogP contribution >= 0.6 is 0 Å². The highest BCUT2D eigenvalue weighted by Crippen LogP contribution is 2.44. The number of ether oxygens (including phenoxy) is 2. The van der Waals surface area contributed by atoms with E-state index in [0.717, 1.165) is 5.56 Å². The molecule has 2 aliphatic heterocycles. The smallest absolute Gasteiger partial charge is 0.410 e. The Labute approximate surface area is 347 Å². The molecule has 0 unspecified atom stereocenters. The van der Waals surface area contributed by atoms with Crippen molar-refractivity contribution >= 4 is 23.2 Å². The van der Waals surface area contributed by atoms with Crippen LogP contribution in [0.15, 0.2) is 97.5 Å². The number of benzene rings is 4. The van der Waals surface area contributed by atoms with E-state index >= 15 is 8.78 Å². The molecule has 3 aliphatic rings. The molecule has 9 rings (SSSR count). The Morgan fingerprint density at radius 2 is 1.38 bits per heavy atom. The number of carbonyl (C=O) groups is 2. The molecule has 0 atom stereocenters. The van der Waals surface area contributed by atoms with E-state index in [0.29, 0.717) is 80.0 Å². The van der Waals surface area contributed by atoms with Crippen LogP contribution in [0.4, 0.5) is 18.4 Å². The molecule has 2 aromatic heterocycles. The minimum Gasteiger partial charge on any atom is -0.448 e. The lowest BCUT2D eigenvalue weighted by Crippen LogP contribution is -2.49. The third-order valence-electron chi connectivity index (χ3n) is 11.8. The third-order valence-corrected chi connectivity index (χ3v) is 11.8. The fourth-order valence-corrected chi connectivity index (χ4v) is 8.62. The van der Waals surface area contributed by atoms with Gasteiger partial charge in [0, 0.05) is 74.6 Å². The first-order chi connectivity index (χ1) is 29.0. The van der Waals surface area contributed by atoms with Gasteiger partial charge in [-0.15, -0.1) is 0 Å². The number of amides is 2. The predicted octanol–water partition coefficient (Wildman–Crippen LogP) is 9.08. The van der Waals surface area contributed by atoms with Gasteiger partial charge in [0.25, 0.3) is 0 Å². The normalized spacial score (nSPS) is 16.2. The molecule has 6 aromatic rings. The number of rotatable bonds is 7. The first-order valence-corrected chi connectivity index (χ1v) is 20.6. The van der Waals surface area contributed by atoms with Crippen molar-refractivity contribution in [2.45, 2.75) is 57.7 Å². The molecule has 2 amide bonds. The number of piperidine rings is 1. The van der Waals surface area contributed by atoms with Gasteiger partial charge in [0.05, 0.1) is 35.2 Å². The average molecular weight is 812 g/mol. The molecule has 0 radical (unpaired) electrons. The Hall–Kier alpha value is -6.21. The summed E-state index contributed by atoms with van der Waals surface area (Å²) in [5, 5.41) is 4.67. The number of halogens is 2. The number of aromatic nitrogens is 4. The maximum atomic E-state index is 15.7. The fourth-order valence-electron chi connectivity index (χ4n) is 8.62. The van der Waals surface area contributed by atoms with Crippen LogP contribution in [0.2, 0.25) is 0 Å². The Balaban J connectivity index is 0.835. The summed E-state index contributed by atoms with van der Waals surface area (Å²) in [5.74, 6) is -1.28. The van der Waals surface area contributed by atoms with Crippen LogP contribution in [-0.2, 0) is 16.0 Å². The molecular formula is C47H47F2N7O4. The summed E-state index contributed by atoms with van der Waals surface area (Å²) in [6, 6.07) is 24.8. The van der Waals surface area contributed by atoms with E-state index in [9.17, 15) is 9.59 Å².